The number of thiocarbonyl (C=S) groups is 1. The second kappa shape index (κ2) is 11.5. The molecule has 0 aliphatic heterocycles. The van der Waals surface area contributed by atoms with Crippen molar-refractivity contribution in [3.05, 3.63) is 29.8 Å². The van der Waals surface area contributed by atoms with Gasteiger partial charge in [-0.15, -0.1) is 0 Å². The molecule has 0 unspecified atom stereocenters. The lowest BCUT2D eigenvalue weighted by atomic mass is 10.2. The fraction of sp³-hybridized carbons (Fsp3) is 0.471. The molecule has 0 spiro atoms. The van der Waals surface area contributed by atoms with Crippen LogP contribution in [0.2, 0.25) is 0 Å². The van der Waals surface area contributed by atoms with E-state index in [0.29, 0.717) is 30.8 Å². The van der Waals surface area contributed by atoms with Gasteiger partial charge >= 0.3 is 0 Å². The van der Waals surface area contributed by atoms with Crippen LogP contribution in [-0.2, 0) is 9.53 Å². The lowest BCUT2D eigenvalue weighted by Gasteiger charge is -2.11. The van der Waals surface area contributed by atoms with Crippen LogP contribution < -0.4 is 16.0 Å². The van der Waals surface area contributed by atoms with E-state index >= 15 is 0 Å². The lowest BCUT2D eigenvalue weighted by molar-refractivity contribution is -0.119. The van der Waals surface area contributed by atoms with Gasteiger partial charge in [0.25, 0.3) is 5.91 Å². The Bertz CT molecular complexity index is 564. The Morgan fingerprint density at radius 1 is 1.25 bits per heavy atom. The number of carbonyl (C=O) groups is 2. The molecule has 0 bridgehead atoms. The van der Waals surface area contributed by atoms with Crippen LogP contribution in [-0.4, -0.2) is 37.2 Å². The van der Waals surface area contributed by atoms with Crippen LogP contribution in [0.25, 0.3) is 0 Å². The number of unbranched alkanes of at least 4 members (excludes halogenated alkanes) is 2. The molecular formula is C17H25N3O3S. The van der Waals surface area contributed by atoms with E-state index in [1.165, 1.54) is 0 Å². The van der Waals surface area contributed by atoms with Crippen molar-refractivity contribution < 1.29 is 14.3 Å². The molecule has 24 heavy (non-hydrogen) atoms. The predicted octanol–water partition coefficient (Wildman–Crippen LogP) is 2.46. The maximum absolute atomic E-state index is 12.0. The molecule has 0 aliphatic rings. The van der Waals surface area contributed by atoms with E-state index < -0.39 is 0 Å². The number of ether oxygens (including phenoxy) is 1. The minimum absolute atomic E-state index is 0.102. The van der Waals surface area contributed by atoms with E-state index in [-0.39, 0.29) is 16.9 Å². The fourth-order valence-electron chi connectivity index (χ4n) is 1.99. The van der Waals surface area contributed by atoms with Crippen molar-refractivity contribution in [2.24, 2.45) is 0 Å². The van der Waals surface area contributed by atoms with Crippen molar-refractivity contribution in [3.8, 4) is 0 Å². The quantitative estimate of drug-likeness (QED) is 0.470. The van der Waals surface area contributed by atoms with Gasteiger partial charge < -0.3 is 20.7 Å². The second-order valence-corrected chi connectivity index (χ2v) is 5.70. The van der Waals surface area contributed by atoms with Gasteiger partial charge in [0.15, 0.2) is 5.11 Å². The van der Waals surface area contributed by atoms with Crippen molar-refractivity contribution in [2.45, 2.75) is 32.6 Å². The number of rotatable bonds is 9. The summed E-state index contributed by atoms with van der Waals surface area (Å²) in [5.74, 6) is -0.292. The van der Waals surface area contributed by atoms with E-state index in [9.17, 15) is 9.59 Å². The summed E-state index contributed by atoms with van der Waals surface area (Å²) in [7, 11) is 1.58. The van der Waals surface area contributed by atoms with Gasteiger partial charge in [0.05, 0.1) is 6.61 Å². The van der Waals surface area contributed by atoms with E-state index in [1.807, 2.05) is 0 Å². The van der Waals surface area contributed by atoms with Crippen LogP contribution >= 0.6 is 12.2 Å². The summed E-state index contributed by atoms with van der Waals surface area (Å²) in [6.07, 6.45) is 3.39. The van der Waals surface area contributed by atoms with Gasteiger partial charge in [-0.1, -0.05) is 25.8 Å². The molecular weight excluding hydrogens is 326 g/mol. The number of hydrogen-bond acceptors (Lipinski definition) is 4. The number of anilines is 1. The fourth-order valence-corrected chi connectivity index (χ4v) is 2.23. The summed E-state index contributed by atoms with van der Waals surface area (Å²) in [4.78, 5) is 23.7. The van der Waals surface area contributed by atoms with Gasteiger partial charge in [0.2, 0.25) is 5.91 Å². The highest BCUT2D eigenvalue weighted by molar-refractivity contribution is 7.80. The maximum Gasteiger partial charge on any atom is 0.251 e. The van der Waals surface area contributed by atoms with Crippen LogP contribution in [0, 0.1) is 0 Å². The zero-order chi connectivity index (χ0) is 17.8. The zero-order valence-electron chi connectivity index (χ0n) is 14.2. The van der Waals surface area contributed by atoms with Crippen LogP contribution in [0.3, 0.4) is 0 Å². The molecule has 0 radical (unpaired) electrons. The lowest BCUT2D eigenvalue weighted by Crippen LogP contribution is -2.34. The first-order chi connectivity index (χ1) is 11.6. The van der Waals surface area contributed by atoms with Gasteiger partial charge in [-0.05, 0) is 36.8 Å². The Morgan fingerprint density at radius 2 is 2.04 bits per heavy atom. The summed E-state index contributed by atoms with van der Waals surface area (Å²) >= 11 is 5.13. The van der Waals surface area contributed by atoms with Gasteiger partial charge in [0.1, 0.15) is 0 Å². The van der Waals surface area contributed by atoms with Gasteiger partial charge in [-0.2, -0.15) is 0 Å². The van der Waals surface area contributed by atoms with Gasteiger partial charge in [-0.3, -0.25) is 9.59 Å². The smallest absolute Gasteiger partial charge is 0.251 e. The van der Waals surface area contributed by atoms with E-state index in [1.54, 1.807) is 31.4 Å². The maximum atomic E-state index is 12.0. The largest absolute Gasteiger partial charge is 0.383 e. The number of hydrogen-bond donors (Lipinski definition) is 3. The molecule has 7 heteroatoms. The molecule has 0 atom stereocenters. The van der Waals surface area contributed by atoms with Crippen molar-refractivity contribution in [1.82, 2.24) is 10.6 Å². The Hall–Kier alpha value is -1.99. The monoisotopic (exact) mass is 351 g/mol. The first-order valence-electron chi connectivity index (χ1n) is 8.04. The molecule has 2 amide bonds. The van der Waals surface area contributed by atoms with Crippen LogP contribution in [0.4, 0.5) is 5.69 Å². The standard InChI is InChI=1S/C17H25N3O3S/c1-3-4-5-9-15(21)20-17(24)19-14-8-6-7-13(12-14)16(22)18-10-11-23-2/h6-8,12H,3-5,9-11H2,1-2H3,(H,18,22)(H2,19,20,21,24). The molecule has 0 aromatic heterocycles. The minimum atomic E-state index is -0.190. The number of methoxy groups -OCH3 is 1. The van der Waals surface area contributed by atoms with Crippen LogP contribution in [0.1, 0.15) is 43.0 Å². The first-order valence-corrected chi connectivity index (χ1v) is 8.45. The third-order valence-corrected chi connectivity index (χ3v) is 3.44. The predicted molar refractivity (Wildman–Crippen MR) is 99.2 cm³/mol. The SMILES string of the molecule is CCCCCC(=O)NC(=S)Nc1cccc(C(=O)NCCOC)c1. The highest BCUT2D eigenvalue weighted by atomic mass is 32.1. The zero-order valence-corrected chi connectivity index (χ0v) is 15.0. The average Bonchev–Trinajstić information content (AvgIpc) is 2.55. The molecule has 0 saturated carbocycles. The highest BCUT2D eigenvalue weighted by Crippen LogP contribution is 2.10. The molecule has 0 saturated heterocycles. The molecule has 1 rings (SSSR count). The van der Waals surface area contributed by atoms with Crippen molar-refractivity contribution in [3.63, 3.8) is 0 Å². The number of benzene rings is 1. The first kappa shape index (κ1) is 20.1. The molecule has 6 nitrogen and oxygen atoms in total. The van der Waals surface area contributed by atoms with Gasteiger partial charge in [-0.25, -0.2) is 0 Å². The summed E-state index contributed by atoms with van der Waals surface area (Å²) in [6.45, 7) is 2.99. The molecule has 1 aromatic rings. The Kier molecular flexibility index (Phi) is 9.64. The van der Waals surface area contributed by atoms with E-state index in [4.69, 9.17) is 17.0 Å². The Labute approximate surface area is 148 Å². The summed E-state index contributed by atoms with van der Waals surface area (Å²) in [5, 5.41) is 8.54. The van der Waals surface area contributed by atoms with Gasteiger partial charge in [0, 0.05) is 31.3 Å². The third-order valence-electron chi connectivity index (χ3n) is 3.23. The van der Waals surface area contributed by atoms with Crippen LogP contribution in [0.15, 0.2) is 24.3 Å². The van der Waals surface area contributed by atoms with E-state index in [0.717, 1.165) is 19.3 Å². The summed E-state index contributed by atoms with van der Waals surface area (Å²) in [5.41, 5.74) is 1.15. The molecule has 132 valence electrons. The minimum Gasteiger partial charge on any atom is -0.383 e. The molecule has 0 aliphatic carbocycles. The Morgan fingerprint density at radius 3 is 2.75 bits per heavy atom. The second-order valence-electron chi connectivity index (χ2n) is 5.29. The van der Waals surface area contributed by atoms with E-state index in [2.05, 4.69) is 22.9 Å². The number of nitrogens with one attached hydrogen (secondary N) is 3. The number of amides is 2. The Balaban J connectivity index is 2.50. The average molecular weight is 351 g/mol. The van der Waals surface area contributed by atoms with Crippen molar-refractivity contribution in [1.29, 1.82) is 0 Å². The summed E-state index contributed by atoms with van der Waals surface area (Å²) in [6, 6.07) is 6.91. The molecule has 0 heterocycles. The number of carbonyl (C=O) groups excluding carboxylic acids is 2. The van der Waals surface area contributed by atoms with Crippen molar-refractivity contribution >= 4 is 34.8 Å². The topological polar surface area (TPSA) is 79.5 Å². The van der Waals surface area contributed by atoms with Crippen LogP contribution in [0.5, 0.6) is 0 Å². The molecule has 1 aromatic carbocycles. The third kappa shape index (κ3) is 8.03. The normalized spacial score (nSPS) is 10.1. The summed E-state index contributed by atoms with van der Waals surface area (Å²) < 4.78 is 4.89. The molecule has 0 fully saturated rings. The molecule has 3 N–H and O–H groups in total. The highest BCUT2D eigenvalue weighted by Gasteiger charge is 2.08. The van der Waals surface area contributed by atoms with Crippen molar-refractivity contribution in [2.75, 3.05) is 25.6 Å².